The lowest BCUT2D eigenvalue weighted by molar-refractivity contribution is 0.282. The topological polar surface area (TPSA) is 414 Å². The van der Waals surface area contributed by atoms with Crippen LogP contribution in [0.2, 0.25) is 5.28 Å². The summed E-state index contributed by atoms with van der Waals surface area (Å²) < 4.78 is 179. The average molecular weight is 1190 g/mol. The number of fused-ring (bicyclic) bond motifs is 1. The summed E-state index contributed by atoms with van der Waals surface area (Å²) in [6.07, 6.45) is 0. The normalized spacial score (nSPS) is 13.1. The molecule has 0 aliphatic carbocycles. The van der Waals surface area contributed by atoms with Gasteiger partial charge in [-0.15, -0.1) is 15.3 Å². The molecule has 0 aliphatic heterocycles. The number of phenols is 1. The van der Waals surface area contributed by atoms with Gasteiger partial charge in [0.2, 0.25) is 17.2 Å². The Morgan fingerprint density at radius 1 is 0.684 bits per heavy atom. The second kappa shape index (κ2) is 24.4. The van der Waals surface area contributed by atoms with Crippen molar-refractivity contribution >= 4 is 136 Å². The summed E-state index contributed by atoms with van der Waals surface area (Å²) in [5, 5.41) is 30.3. The number of anilines is 5. The van der Waals surface area contributed by atoms with Gasteiger partial charge in [-0.2, -0.15) is 45.3 Å². The largest absolute Gasteiger partial charge is 0.505 e. The number of rotatable bonds is 25. The van der Waals surface area contributed by atoms with Crippen LogP contribution >= 0.6 is 11.6 Å². The molecule has 6 aromatic rings. The van der Waals surface area contributed by atoms with E-state index in [4.69, 9.17) is 20.7 Å². The highest BCUT2D eigenvalue weighted by molar-refractivity contribution is 7.91. The number of nitrogens with zero attached hydrogens (tertiary/aromatic N) is 9. The van der Waals surface area contributed by atoms with Crippen molar-refractivity contribution in [1.82, 2.24) is 15.0 Å². The zero-order valence-electron chi connectivity index (χ0n) is 39.2. The van der Waals surface area contributed by atoms with Crippen molar-refractivity contribution < 1.29 is 78.0 Å². The van der Waals surface area contributed by atoms with Gasteiger partial charge >= 0.3 is 20.8 Å². The molecule has 1 aromatic heterocycles. The van der Waals surface area contributed by atoms with Crippen LogP contribution in [0.5, 0.6) is 5.75 Å². The van der Waals surface area contributed by atoms with E-state index in [0.717, 1.165) is 42.5 Å². The molecule has 76 heavy (non-hydrogen) atoms. The maximum atomic E-state index is 13.0. The number of aromatic hydroxyl groups is 1. The molecule has 6 rings (SSSR count). The zero-order valence-corrected chi connectivity index (χ0v) is 44.9. The van der Waals surface area contributed by atoms with Gasteiger partial charge in [-0.1, -0.05) is 18.2 Å². The van der Waals surface area contributed by atoms with Crippen LogP contribution in [-0.2, 0) is 70.0 Å². The molecule has 5 aromatic carbocycles. The third-order valence-corrected chi connectivity index (χ3v) is 16.3. The average Bonchev–Trinajstić information content (AvgIpc) is 3.32. The lowest BCUT2D eigenvalue weighted by Gasteiger charge is -2.24. The van der Waals surface area contributed by atoms with Gasteiger partial charge in [-0.05, 0) is 104 Å². The Morgan fingerprint density at radius 3 is 1.92 bits per heavy atom. The van der Waals surface area contributed by atoms with E-state index in [2.05, 4.69) is 49.1 Å². The number of sulfone groups is 2. The summed E-state index contributed by atoms with van der Waals surface area (Å²) >= 11 is 3.50. The fourth-order valence-electron chi connectivity index (χ4n) is 6.88. The number of aromatic nitrogens is 3. The Kier molecular flexibility index (Phi) is 18.9. The van der Waals surface area contributed by atoms with Gasteiger partial charge in [0.15, 0.2) is 36.5 Å². The second-order valence-electron chi connectivity index (χ2n) is 15.4. The van der Waals surface area contributed by atoms with Gasteiger partial charge in [0, 0.05) is 31.0 Å². The Bertz CT molecular complexity index is 3800. The molecule has 0 radical (unpaired) electrons. The van der Waals surface area contributed by atoms with Crippen molar-refractivity contribution in [2.45, 2.75) is 28.5 Å². The summed E-state index contributed by atoms with van der Waals surface area (Å²) in [6.45, 7) is 2.82. The van der Waals surface area contributed by atoms with Crippen LogP contribution in [0.3, 0.4) is 0 Å². The van der Waals surface area contributed by atoms with Crippen molar-refractivity contribution in [3.8, 4) is 5.75 Å². The molecule has 0 amide bonds. The Labute approximate surface area is 442 Å². The number of nitrogens with one attached hydrogen (secondary N) is 1. The first kappa shape index (κ1) is 59.0. The minimum atomic E-state index is -5.03. The first-order valence-corrected chi connectivity index (χ1v) is 30.6. The highest BCUT2D eigenvalue weighted by Crippen LogP contribution is 2.46. The van der Waals surface area contributed by atoms with E-state index in [1.54, 1.807) is 42.5 Å². The Morgan fingerprint density at radius 2 is 1.32 bits per heavy atom. The van der Waals surface area contributed by atoms with Crippen molar-refractivity contribution in [3.05, 3.63) is 96.3 Å². The number of phenolic OH excluding ortho intramolecular Hbond substituents is 1. The molecule has 1 unspecified atom stereocenters. The van der Waals surface area contributed by atoms with Crippen molar-refractivity contribution in [2.24, 2.45) is 20.5 Å². The lowest BCUT2D eigenvalue weighted by atomic mass is 10.1. The number of hydrogen-bond donors (Lipinski definition) is 6. The molecule has 6 N–H and O–H groups in total. The molecule has 0 fully saturated rings. The van der Waals surface area contributed by atoms with Gasteiger partial charge < -0.3 is 24.8 Å². The van der Waals surface area contributed by atoms with Crippen LogP contribution in [0.25, 0.3) is 10.8 Å². The Hall–Kier alpha value is -6.28. The van der Waals surface area contributed by atoms with E-state index >= 15 is 0 Å². The summed E-state index contributed by atoms with van der Waals surface area (Å²) in [7, 11) is -23.0. The molecule has 1 atom stereocenters. The van der Waals surface area contributed by atoms with E-state index in [1.165, 1.54) is 11.0 Å². The lowest BCUT2D eigenvalue weighted by Crippen LogP contribution is -2.29. The molecule has 408 valence electrons. The Balaban J connectivity index is 1.42. The fraction of sp³-hybridized carbons (Fsp3) is 0.244. The fourth-order valence-corrected chi connectivity index (χ4v) is 11.0. The van der Waals surface area contributed by atoms with Gasteiger partial charge in [-0.25, -0.2) is 29.4 Å². The predicted molar refractivity (Wildman–Crippen MR) is 277 cm³/mol. The second-order valence-corrected chi connectivity index (χ2v) is 24.7. The van der Waals surface area contributed by atoms with E-state index in [1.807, 2.05) is 18.7 Å². The summed E-state index contributed by atoms with van der Waals surface area (Å²) in [5.41, 5.74) is 0.0308. The highest BCUT2D eigenvalue weighted by Gasteiger charge is 2.25. The van der Waals surface area contributed by atoms with Gasteiger partial charge in [0.25, 0.3) is 10.1 Å². The van der Waals surface area contributed by atoms with Crippen LogP contribution < -0.4 is 15.1 Å². The number of azo groups is 2. The predicted octanol–water partition coefficient (Wildman–Crippen LogP) is 6.60. The quantitative estimate of drug-likeness (QED) is 0.0200. The molecule has 0 saturated heterocycles. The zero-order chi connectivity index (χ0) is 55.8. The van der Waals surface area contributed by atoms with Gasteiger partial charge in [0.1, 0.15) is 11.4 Å². The van der Waals surface area contributed by atoms with Crippen LogP contribution in [-0.4, -0.2) is 135 Å². The number of para-hydroxylation sites is 1. The molecular weight excluding hydrogens is 1150 g/mol. The highest BCUT2D eigenvalue weighted by atomic mass is 35.5. The van der Waals surface area contributed by atoms with E-state index in [0.29, 0.717) is 24.5 Å². The maximum absolute atomic E-state index is 13.0. The van der Waals surface area contributed by atoms with Crippen LogP contribution in [0.1, 0.15) is 13.8 Å². The molecular formula is C41H43ClN10O18S6. The molecule has 0 bridgehead atoms. The number of hydrogen-bond acceptors (Lipinski definition) is 24. The van der Waals surface area contributed by atoms with E-state index in [9.17, 15) is 60.5 Å². The molecule has 1 heterocycles. The molecule has 28 nitrogen and oxygen atoms in total. The monoisotopic (exact) mass is 1190 g/mol. The third-order valence-electron chi connectivity index (χ3n) is 10.4. The molecule has 35 heteroatoms. The first-order chi connectivity index (χ1) is 35.6. The minimum absolute atomic E-state index is 0.00132. The van der Waals surface area contributed by atoms with Crippen molar-refractivity contribution in [2.75, 3.05) is 65.2 Å². The maximum Gasteiger partial charge on any atom is 0.397 e. The molecule has 0 aliphatic rings. The third kappa shape index (κ3) is 16.1. The summed E-state index contributed by atoms with van der Waals surface area (Å²) in [6, 6.07) is 20.2. The van der Waals surface area contributed by atoms with Crippen LogP contribution in [0.15, 0.2) is 126 Å². The van der Waals surface area contributed by atoms with Gasteiger partial charge in [0.05, 0.1) is 67.6 Å². The minimum Gasteiger partial charge on any atom is -0.505 e. The summed E-state index contributed by atoms with van der Waals surface area (Å²) in [4.78, 5) is 14.6. The molecule has 0 saturated carbocycles. The van der Waals surface area contributed by atoms with E-state index in [-0.39, 0.29) is 56.5 Å². The first-order valence-electron chi connectivity index (χ1n) is 21.5. The van der Waals surface area contributed by atoms with Crippen molar-refractivity contribution in [3.63, 3.8) is 0 Å². The standard InChI is InChI=1S/C41H43ClN10O18S6/c1-3-51(4-2)29-12-15-32(33(24-29)43-40-44-39(42)45-41(46-40)52(28-8-6-5-7-9-28)16-19-72(56,57)20-17-69-75(63,64)65)48-49-34-25-31(74(60,61)62)22-26-23-35(71(54)55)37(38(53)36(26)34)50-47-27-10-13-30(14-11-27)73(58,59)21-18-70-76(66,67)68/h5-15,22-25,53H,3-4,16-21H2,1-2H3,(H,54,55)(H,60,61,62)(H,63,64,65)(H,66,67,68)(H,43,44,45,46)/b49-48+,50-47+. The van der Waals surface area contributed by atoms with Crippen molar-refractivity contribution in [1.29, 1.82) is 0 Å². The van der Waals surface area contributed by atoms with Gasteiger partial charge in [-0.3, -0.25) is 13.7 Å². The number of benzene rings is 5. The number of halogens is 1. The molecule has 0 spiro atoms. The van der Waals surface area contributed by atoms with E-state index < -0.39 is 119 Å². The van der Waals surface area contributed by atoms with Crippen LogP contribution in [0.4, 0.5) is 51.7 Å². The smallest absolute Gasteiger partial charge is 0.397 e. The SMILES string of the molecule is CCN(CC)c1ccc(/N=N/c2cc(S(=O)(=O)O)cc3cc(S(=O)O)c(/N=N/c4ccc(S(=O)(=O)CCOS(=O)(=O)O)cc4)c(O)c23)c(Nc2nc(Cl)nc(N(CCS(=O)(=O)CCOS(=O)(=O)O)c3ccccc3)n2)c1. The summed E-state index contributed by atoms with van der Waals surface area (Å²) in [5.74, 6) is -3.45. The van der Waals surface area contributed by atoms with Crippen LogP contribution in [0, 0.1) is 0 Å².